The Hall–Kier alpha value is -1.24. The summed E-state index contributed by atoms with van der Waals surface area (Å²) in [7, 11) is -1.74. The van der Waals surface area contributed by atoms with Crippen LogP contribution in [0, 0.1) is 5.82 Å². The molecule has 0 unspecified atom stereocenters. The van der Waals surface area contributed by atoms with Gasteiger partial charge in [0.1, 0.15) is 10.0 Å². The van der Waals surface area contributed by atoms with Crippen molar-refractivity contribution in [2.24, 2.45) is 4.99 Å². The van der Waals surface area contributed by atoms with Gasteiger partial charge in [-0.1, -0.05) is 18.6 Å². The number of halogens is 2. The van der Waals surface area contributed by atoms with Crippen molar-refractivity contribution in [3.63, 3.8) is 0 Å². The van der Waals surface area contributed by atoms with Crippen LogP contribution in [0.1, 0.15) is 29.7 Å². The first-order valence-corrected chi connectivity index (χ1v) is 11.5. The lowest BCUT2D eigenvalue weighted by atomic mass is 10.2. The number of aliphatic imine (C=N–C) groups is 1. The van der Waals surface area contributed by atoms with Crippen LogP contribution in [0.3, 0.4) is 0 Å². The summed E-state index contributed by atoms with van der Waals surface area (Å²) in [4.78, 5) is 5.06. The molecular weight excluding hydrogens is 526 g/mol. The predicted molar refractivity (Wildman–Crippen MR) is 126 cm³/mol. The molecule has 2 aromatic rings. The van der Waals surface area contributed by atoms with Crippen molar-refractivity contribution >= 4 is 51.3 Å². The maximum Gasteiger partial charge on any atom is 0.252 e. The molecule has 1 fully saturated rings. The molecule has 1 aromatic carbocycles. The van der Waals surface area contributed by atoms with Crippen LogP contribution in [-0.2, 0) is 23.1 Å². The molecule has 160 valence electrons. The van der Waals surface area contributed by atoms with E-state index in [1.54, 1.807) is 23.5 Å². The van der Waals surface area contributed by atoms with Crippen LogP contribution >= 0.6 is 35.3 Å². The molecular formula is C19H26FIN4O2S2. The van der Waals surface area contributed by atoms with E-state index < -0.39 is 10.0 Å². The molecule has 1 saturated heterocycles. The van der Waals surface area contributed by atoms with Gasteiger partial charge in [-0.15, -0.1) is 35.3 Å². The second kappa shape index (κ2) is 11.2. The Labute approximate surface area is 192 Å². The van der Waals surface area contributed by atoms with E-state index in [0.717, 1.165) is 29.7 Å². The molecule has 0 aliphatic carbocycles. The Bertz CT molecular complexity index is 928. The third-order valence-electron chi connectivity index (χ3n) is 4.55. The smallest absolute Gasteiger partial charge is 0.252 e. The normalized spacial score (nSPS) is 15.6. The van der Waals surface area contributed by atoms with E-state index in [-0.39, 0.29) is 29.8 Å². The molecule has 1 aliphatic rings. The monoisotopic (exact) mass is 552 g/mol. The molecule has 29 heavy (non-hydrogen) atoms. The van der Waals surface area contributed by atoms with Gasteiger partial charge in [-0.25, -0.2) is 12.8 Å². The topological polar surface area (TPSA) is 73.8 Å². The maximum absolute atomic E-state index is 13.3. The van der Waals surface area contributed by atoms with Crippen molar-refractivity contribution in [3.8, 4) is 0 Å². The number of nitrogens with zero attached hydrogens (tertiary/aromatic N) is 2. The van der Waals surface area contributed by atoms with Crippen LogP contribution in [0.2, 0.25) is 0 Å². The van der Waals surface area contributed by atoms with Crippen molar-refractivity contribution in [2.45, 2.75) is 36.6 Å². The average Bonchev–Trinajstić information content (AvgIpc) is 3.19. The minimum Gasteiger partial charge on any atom is -0.352 e. The molecule has 10 heteroatoms. The lowest BCUT2D eigenvalue weighted by Gasteiger charge is -2.25. The van der Waals surface area contributed by atoms with Crippen LogP contribution in [0.5, 0.6) is 0 Å². The van der Waals surface area contributed by atoms with Gasteiger partial charge in [-0.3, -0.25) is 4.99 Å². The van der Waals surface area contributed by atoms with E-state index in [2.05, 4.69) is 15.6 Å². The first-order valence-electron chi connectivity index (χ1n) is 9.27. The van der Waals surface area contributed by atoms with Gasteiger partial charge in [0.15, 0.2) is 5.96 Å². The number of sulfonamides is 1. The van der Waals surface area contributed by atoms with Crippen molar-refractivity contribution in [3.05, 3.63) is 52.7 Å². The van der Waals surface area contributed by atoms with Crippen molar-refractivity contribution in [1.82, 2.24) is 14.9 Å². The molecule has 0 saturated carbocycles. The van der Waals surface area contributed by atoms with Gasteiger partial charge < -0.3 is 10.6 Å². The summed E-state index contributed by atoms with van der Waals surface area (Å²) >= 11 is 1.28. The summed E-state index contributed by atoms with van der Waals surface area (Å²) < 4.78 is 40.7. The maximum atomic E-state index is 13.3. The fourth-order valence-electron chi connectivity index (χ4n) is 3.05. The van der Waals surface area contributed by atoms with Gasteiger partial charge in [0.05, 0.1) is 6.54 Å². The van der Waals surface area contributed by atoms with Crippen molar-refractivity contribution < 1.29 is 12.8 Å². The number of guanidine groups is 1. The molecule has 0 amide bonds. The Balaban J connectivity index is 0.00000300. The Morgan fingerprint density at radius 1 is 1.14 bits per heavy atom. The molecule has 1 aliphatic heterocycles. The Kier molecular flexibility index (Phi) is 9.31. The van der Waals surface area contributed by atoms with Crippen molar-refractivity contribution in [2.75, 3.05) is 20.1 Å². The summed E-state index contributed by atoms with van der Waals surface area (Å²) in [6.07, 6.45) is 2.94. The molecule has 1 aromatic heterocycles. The van der Waals surface area contributed by atoms with E-state index in [4.69, 9.17) is 0 Å². The molecule has 6 nitrogen and oxygen atoms in total. The van der Waals surface area contributed by atoms with E-state index >= 15 is 0 Å². The zero-order valence-corrected chi connectivity index (χ0v) is 20.2. The highest BCUT2D eigenvalue weighted by molar-refractivity contribution is 14.0. The zero-order chi connectivity index (χ0) is 20.0. The van der Waals surface area contributed by atoms with Crippen molar-refractivity contribution in [1.29, 1.82) is 0 Å². The second-order valence-corrected chi connectivity index (χ2v) is 9.93. The number of nitrogens with one attached hydrogen (secondary N) is 2. The highest BCUT2D eigenvalue weighted by atomic mass is 127. The second-order valence-electron chi connectivity index (χ2n) is 6.59. The number of hydrogen-bond donors (Lipinski definition) is 2. The molecule has 0 radical (unpaired) electrons. The number of rotatable bonds is 6. The Morgan fingerprint density at radius 2 is 1.86 bits per heavy atom. The summed E-state index contributed by atoms with van der Waals surface area (Å²) in [5, 5.41) is 6.28. The Morgan fingerprint density at radius 3 is 2.55 bits per heavy atom. The predicted octanol–water partition coefficient (Wildman–Crippen LogP) is 3.55. The van der Waals surface area contributed by atoms with Gasteiger partial charge in [0.25, 0.3) is 10.0 Å². The van der Waals surface area contributed by atoms with Gasteiger partial charge in [0.2, 0.25) is 0 Å². The van der Waals surface area contributed by atoms with Crippen LogP contribution in [-0.4, -0.2) is 38.8 Å². The van der Waals surface area contributed by atoms with Gasteiger partial charge in [-0.2, -0.15) is 4.31 Å². The summed E-state index contributed by atoms with van der Waals surface area (Å²) in [5.74, 6) is 0.293. The van der Waals surface area contributed by atoms with Crippen LogP contribution in [0.4, 0.5) is 4.39 Å². The number of hydrogen-bond acceptors (Lipinski definition) is 4. The number of benzene rings is 1. The summed E-state index contributed by atoms with van der Waals surface area (Å²) in [6.45, 7) is 2.11. The summed E-state index contributed by atoms with van der Waals surface area (Å²) in [5.41, 5.74) is 0.814. The molecule has 0 bridgehead atoms. The molecule has 3 rings (SSSR count). The van der Waals surface area contributed by atoms with Gasteiger partial charge >= 0.3 is 0 Å². The fourth-order valence-corrected chi connectivity index (χ4v) is 6.02. The highest BCUT2D eigenvalue weighted by Crippen LogP contribution is 2.27. The average molecular weight is 552 g/mol. The molecule has 2 N–H and O–H groups in total. The fraction of sp³-hybridized carbons (Fsp3) is 0.421. The third kappa shape index (κ3) is 6.63. The standard InChI is InChI=1S/C19H25FN4O2S2.HI/c1-21-19(22-13-15-6-5-7-16(20)12-15)23-14-17-8-9-18(27-17)28(25,26)24-10-3-2-4-11-24;/h5-9,12H,2-4,10-11,13-14H2,1H3,(H2,21,22,23);1H. The van der Waals surface area contributed by atoms with Gasteiger partial charge in [-0.05, 0) is 42.7 Å². The summed E-state index contributed by atoms with van der Waals surface area (Å²) in [6, 6.07) is 9.88. The number of piperidine rings is 1. The SMILES string of the molecule is CN=C(NCc1cccc(F)c1)NCc1ccc(S(=O)(=O)N2CCCCC2)s1.I. The quantitative estimate of drug-likeness (QED) is 0.327. The van der Waals surface area contributed by atoms with Crippen LogP contribution in [0.25, 0.3) is 0 Å². The lowest BCUT2D eigenvalue weighted by Crippen LogP contribution is -2.36. The largest absolute Gasteiger partial charge is 0.352 e. The van der Waals surface area contributed by atoms with E-state index in [0.29, 0.717) is 36.3 Å². The van der Waals surface area contributed by atoms with Crippen LogP contribution < -0.4 is 10.6 Å². The number of thiophene rings is 1. The lowest BCUT2D eigenvalue weighted by molar-refractivity contribution is 0.347. The van der Waals surface area contributed by atoms with E-state index in [1.165, 1.54) is 23.5 Å². The highest BCUT2D eigenvalue weighted by Gasteiger charge is 2.27. The third-order valence-corrected chi connectivity index (χ3v) is 8.00. The van der Waals surface area contributed by atoms with Crippen LogP contribution in [0.15, 0.2) is 45.6 Å². The van der Waals surface area contributed by atoms with E-state index in [9.17, 15) is 12.8 Å². The zero-order valence-electron chi connectivity index (χ0n) is 16.2. The van der Waals surface area contributed by atoms with E-state index in [1.807, 2.05) is 12.1 Å². The molecule has 2 heterocycles. The molecule has 0 atom stereocenters. The van der Waals surface area contributed by atoms with Gasteiger partial charge in [0, 0.05) is 31.6 Å². The first kappa shape index (κ1) is 24.0. The molecule has 0 spiro atoms. The minimum atomic E-state index is -3.39. The minimum absolute atomic E-state index is 0. The first-order chi connectivity index (χ1) is 13.5.